The highest BCUT2D eigenvalue weighted by molar-refractivity contribution is 5.86. The molecule has 0 amide bonds. The first kappa shape index (κ1) is 19.5. The molecule has 9 nitrogen and oxygen atoms in total. The first-order chi connectivity index (χ1) is 14.3. The van der Waals surface area contributed by atoms with E-state index in [0.29, 0.717) is 17.6 Å². The molecule has 156 valence electrons. The maximum Gasteiger partial charge on any atom is 0.490 e. The number of furan rings is 1. The van der Waals surface area contributed by atoms with E-state index in [1.807, 2.05) is 24.3 Å². The third kappa shape index (κ3) is 4.42. The molecule has 0 spiro atoms. The third-order valence-corrected chi connectivity index (χ3v) is 4.16. The number of alkyl halides is 3. The molecule has 4 N–H and O–H groups in total. The smallest absolute Gasteiger partial charge is 0.475 e. The molecule has 1 saturated carbocycles. The van der Waals surface area contributed by atoms with Gasteiger partial charge in [-0.25, -0.2) is 9.78 Å². The number of rotatable bonds is 4. The van der Waals surface area contributed by atoms with E-state index in [4.69, 9.17) is 14.3 Å². The van der Waals surface area contributed by atoms with Crippen LogP contribution in [0.5, 0.6) is 0 Å². The van der Waals surface area contributed by atoms with E-state index in [0.717, 1.165) is 27.9 Å². The Labute approximate surface area is 166 Å². The zero-order valence-corrected chi connectivity index (χ0v) is 15.2. The van der Waals surface area contributed by atoms with Gasteiger partial charge in [0.25, 0.3) is 0 Å². The molecule has 0 radical (unpaired) electrons. The number of hydrogen-bond acceptors (Lipinski definition) is 7. The van der Waals surface area contributed by atoms with Gasteiger partial charge in [0.15, 0.2) is 11.4 Å². The quantitative estimate of drug-likeness (QED) is 0.389. The number of aliphatic carboxylic acids is 1. The number of fused-ring (bicyclic) bond motifs is 2. The molecule has 0 aliphatic heterocycles. The average molecular weight is 420 g/mol. The summed E-state index contributed by atoms with van der Waals surface area (Å²) in [4.78, 5) is 18.0. The third-order valence-electron chi connectivity index (χ3n) is 4.16. The van der Waals surface area contributed by atoms with E-state index < -0.39 is 12.1 Å². The fraction of sp³-hybridized carbons (Fsp3) is 0.222. The number of anilines is 3. The molecule has 1 aromatic carbocycles. The molecular weight excluding hydrogens is 405 g/mol. The van der Waals surface area contributed by atoms with Crippen LogP contribution in [0.3, 0.4) is 0 Å². The predicted molar refractivity (Wildman–Crippen MR) is 102 cm³/mol. The van der Waals surface area contributed by atoms with Gasteiger partial charge in [0.2, 0.25) is 5.95 Å². The topological polar surface area (TPSA) is 129 Å². The number of aromatic amines is 1. The minimum atomic E-state index is -5.08. The minimum absolute atomic E-state index is 0.493. The van der Waals surface area contributed by atoms with Crippen LogP contribution in [0.1, 0.15) is 12.8 Å². The van der Waals surface area contributed by atoms with Crippen LogP contribution in [0.4, 0.5) is 30.6 Å². The molecule has 3 heterocycles. The van der Waals surface area contributed by atoms with E-state index in [1.54, 1.807) is 12.5 Å². The maximum absolute atomic E-state index is 10.6. The number of H-pyrrole nitrogens is 1. The lowest BCUT2D eigenvalue weighted by atomic mass is 10.2. The number of carboxylic acids is 1. The van der Waals surface area contributed by atoms with Crippen molar-refractivity contribution in [3.8, 4) is 0 Å². The minimum Gasteiger partial charge on any atom is -0.475 e. The first-order valence-corrected chi connectivity index (χ1v) is 8.81. The van der Waals surface area contributed by atoms with Crippen LogP contribution in [0.15, 0.2) is 41.1 Å². The van der Waals surface area contributed by atoms with Gasteiger partial charge >= 0.3 is 12.1 Å². The summed E-state index contributed by atoms with van der Waals surface area (Å²) in [5, 5.41) is 21.8. The lowest BCUT2D eigenvalue weighted by molar-refractivity contribution is -0.192. The fourth-order valence-electron chi connectivity index (χ4n) is 2.58. The zero-order chi connectivity index (χ0) is 21.3. The molecule has 0 saturated heterocycles. The number of carbonyl (C=O) groups is 1. The number of halogens is 3. The Hall–Kier alpha value is -3.83. The van der Waals surface area contributed by atoms with Gasteiger partial charge in [0.1, 0.15) is 5.52 Å². The predicted octanol–water partition coefficient (Wildman–Crippen LogP) is 4.05. The van der Waals surface area contributed by atoms with Crippen LogP contribution < -0.4 is 10.6 Å². The highest BCUT2D eigenvalue weighted by Gasteiger charge is 2.38. The van der Waals surface area contributed by atoms with Gasteiger partial charge in [-0.05, 0) is 31.0 Å². The summed E-state index contributed by atoms with van der Waals surface area (Å²) < 4.78 is 37.2. The lowest BCUT2D eigenvalue weighted by Crippen LogP contribution is -2.21. The van der Waals surface area contributed by atoms with Crippen molar-refractivity contribution in [1.29, 1.82) is 0 Å². The van der Waals surface area contributed by atoms with Crippen molar-refractivity contribution in [1.82, 2.24) is 20.2 Å². The molecule has 0 atom stereocenters. The summed E-state index contributed by atoms with van der Waals surface area (Å²) in [6.45, 7) is 0. The van der Waals surface area contributed by atoms with Gasteiger partial charge < -0.3 is 20.2 Å². The van der Waals surface area contributed by atoms with Crippen LogP contribution in [0.25, 0.3) is 22.0 Å². The lowest BCUT2D eigenvalue weighted by Gasteiger charge is -2.08. The van der Waals surface area contributed by atoms with E-state index >= 15 is 0 Å². The van der Waals surface area contributed by atoms with Crippen molar-refractivity contribution in [2.45, 2.75) is 25.1 Å². The van der Waals surface area contributed by atoms with Crippen LogP contribution >= 0.6 is 0 Å². The Morgan fingerprint density at radius 3 is 2.70 bits per heavy atom. The Kier molecular flexibility index (Phi) is 4.90. The van der Waals surface area contributed by atoms with Gasteiger partial charge in [-0.2, -0.15) is 23.3 Å². The summed E-state index contributed by atoms with van der Waals surface area (Å²) >= 11 is 0. The van der Waals surface area contributed by atoms with Gasteiger partial charge in [-0.3, -0.25) is 5.10 Å². The molecule has 0 bridgehead atoms. The zero-order valence-electron chi connectivity index (χ0n) is 15.2. The molecule has 1 aliphatic rings. The normalized spacial score (nSPS) is 13.7. The standard InChI is InChI=1S/C16H14N6O.C2HF3O2/c1-2-11(7-13-9(1)8-17-22-13)19-16-20-12-5-6-23-14(12)15(21-16)18-10-3-4-10;3-2(4,5)1(6)7/h1-2,5-8,10H,3-4H2,(H,17,22)(H2,18,19,20,21);(H,6,7). The van der Waals surface area contributed by atoms with Crippen molar-refractivity contribution >= 4 is 45.4 Å². The summed E-state index contributed by atoms with van der Waals surface area (Å²) in [5.41, 5.74) is 3.36. The molecule has 5 rings (SSSR count). The SMILES string of the molecule is O=C(O)C(F)(F)F.c1cc2nc(Nc3ccc4cn[nH]c4c3)nc(NC3CC3)c2o1. The number of carboxylic acid groups (broad SMARTS) is 1. The van der Waals surface area contributed by atoms with E-state index in [1.165, 1.54) is 12.8 Å². The highest BCUT2D eigenvalue weighted by atomic mass is 19.4. The van der Waals surface area contributed by atoms with Crippen molar-refractivity contribution in [2.75, 3.05) is 10.6 Å². The van der Waals surface area contributed by atoms with E-state index in [-0.39, 0.29) is 0 Å². The molecule has 3 aromatic heterocycles. The number of hydrogen-bond donors (Lipinski definition) is 4. The Morgan fingerprint density at radius 1 is 1.23 bits per heavy atom. The summed E-state index contributed by atoms with van der Waals surface area (Å²) in [5.74, 6) is -1.47. The van der Waals surface area contributed by atoms with Gasteiger partial charge in [0, 0.05) is 23.2 Å². The molecule has 30 heavy (non-hydrogen) atoms. The average Bonchev–Trinajstić information content (AvgIpc) is 3.16. The largest absolute Gasteiger partial charge is 0.490 e. The molecule has 0 unspecified atom stereocenters. The number of nitrogens with one attached hydrogen (secondary N) is 3. The second-order valence-electron chi connectivity index (χ2n) is 6.55. The Morgan fingerprint density at radius 2 is 2.00 bits per heavy atom. The molecule has 12 heteroatoms. The molecule has 1 fully saturated rings. The summed E-state index contributed by atoms with van der Waals surface area (Å²) in [7, 11) is 0. The number of nitrogens with zero attached hydrogens (tertiary/aromatic N) is 3. The number of benzene rings is 1. The first-order valence-electron chi connectivity index (χ1n) is 8.81. The van der Waals surface area contributed by atoms with E-state index in [2.05, 4.69) is 30.8 Å². The Balaban J connectivity index is 0.000000272. The van der Waals surface area contributed by atoms with Gasteiger partial charge in [-0.15, -0.1) is 0 Å². The maximum atomic E-state index is 10.6. The van der Waals surface area contributed by atoms with Crippen molar-refractivity contribution < 1.29 is 27.5 Å². The Bertz CT molecular complexity index is 1200. The van der Waals surface area contributed by atoms with Gasteiger partial charge in [0.05, 0.1) is 18.0 Å². The second-order valence-corrected chi connectivity index (χ2v) is 6.55. The molecular formula is C18H15F3N6O3. The molecule has 1 aliphatic carbocycles. The molecule has 4 aromatic rings. The summed E-state index contributed by atoms with van der Waals surface area (Å²) in [6, 6.07) is 8.31. The van der Waals surface area contributed by atoms with Crippen molar-refractivity contribution in [3.63, 3.8) is 0 Å². The van der Waals surface area contributed by atoms with Crippen LogP contribution in [0, 0.1) is 0 Å². The van der Waals surface area contributed by atoms with E-state index in [9.17, 15) is 13.2 Å². The second kappa shape index (κ2) is 7.54. The van der Waals surface area contributed by atoms with Crippen LogP contribution in [-0.4, -0.2) is 43.5 Å². The fourth-order valence-corrected chi connectivity index (χ4v) is 2.58. The monoisotopic (exact) mass is 420 g/mol. The van der Waals surface area contributed by atoms with Gasteiger partial charge in [-0.1, -0.05) is 0 Å². The van der Waals surface area contributed by atoms with Crippen LogP contribution in [-0.2, 0) is 4.79 Å². The van der Waals surface area contributed by atoms with Crippen LogP contribution in [0.2, 0.25) is 0 Å². The van der Waals surface area contributed by atoms with Crippen molar-refractivity contribution in [3.05, 3.63) is 36.7 Å². The summed E-state index contributed by atoms with van der Waals surface area (Å²) in [6.07, 6.45) is 0.694. The highest BCUT2D eigenvalue weighted by Crippen LogP contribution is 2.30. The number of aromatic nitrogens is 4. The van der Waals surface area contributed by atoms with Crippen molar-refractivity contribution in [2.24, 2.45) is 0 Å².